The quantitative estimate of drug-likeness (QED) is 0.479. The average molecular weight is 264 g/mol. The number of nitro benzene ring substituents is 1. The first-order valence-electron chi connectivity index (χ1n) is 5.70. The molecule has 0 saturated heterocycles. The van der Waals surface area contributed by atoms with Gasteiger partial charge in [-0.25, -0.2) is 0 Å². The van der Waals surface area contributed by atoms with Gasteiger partial charge in [0.25, 0.3) is 5.69 Å². The van der Waals surface area contributed by atoms with Crippen LogP contribution in [0.1, 0.15) is 19.4 Å². The number of para-hydroxylation sites is 1. The summed E-state index contributed by atoms with van der Waals surface area (Å²) in [6, 6.07) is 6.14. The van der Waals surface area contributed by atoms with Crippen molar-refractivity contribution in [3.8, 4) is 0 Å². The SMILES string of the molecule is CC(C)(CO)NC(=O)/C=C/c1ccccc1[N+](=O)[O-]. The first kappa shape index (κ1) is 14.8. The second kappa shape index (κ2) is 6.10. The fourth-order valence-electron chi connectivity index (χ4n) is 1.37. The summed E-state index contributed by atoms with van der Waals surface area (Å²) in [5.74, 6) is -0.419. The monoisotopic (exact) mass is 264 g/mol. The predicted octanol–water partition coefficient (Wildman–Crippen LogP) is 1.50. The molecular formula is C13H16N2O4. The summed E-state index contributed by atoms with van der Waals surface area (Å²) in [5, 5.41) is 22.4. The number of nitrogens with zero attached hydrogens (tertiary/aromatic N) is 1. The van der Waals surface area contributed by atoms with Crippen molar-refractivity contribution in [3.63, 3.8) is 0 Å². The minimum atomic E-state index is -0.732. The fourth-order valence-corrected chi connectivity index (χ4v) is 1.37. The number of aliphatic hydroxyl groups excluding tert-OH is 1. The maximum atomic E-state index is 11.6. The third-order valence-electron chi connectivity index (χ3n) is 2.40. The highest BCUT2D eigenvalue weighted by Gasteiger charge is 2.17. The lowest BCUT2D eigenvalue weighted by molar-refractivity contribution is -0.385. The molecule has 0 atom stereocenters. The molecule has 1 rings (SSSR count). The number of nitro groups is 1. The van der Waals surface area contributed by atoms with E-state index in [0.29, 0.717) is 5.56 Å². The minimum absolute atomic E-state index is 0.0621. The van der Waals surface area contributed by atoms with Crippen LogP contribution >= 0.6 is 0 Å². The standard InChI is InChI=1S/C13H16N2O4/c1-13(2,9-16)14-12(17)8-7-10-5-3-4-6-11(10)15(18)19/h3-8,16H,9H2,1-2H3,(H,14,17)/b8-7+. The Bertz CT molecular complexity index is 509. The van der Waals surface area contributed by atoms with Gasteiger partial charge < -0.3 is 10.4 Å². The molecule has 0 aliphatic heterocycles. The van der Waals surface area contributed by atoms with Gasteiger partial charge in [0, 0.05) is 12.1 Å². The third-order valence-corrected chi connectivity index (χ3v) is 2.40. The largest absolute Gasteiger partial charge is 0.394 e. The van der Waals surface area contributed by atoms with Gasteiger partial charge in [0.15, 0.2) is 0 Å². The van der Waals surface area contributed by atoms with Gasteiger partial charge in [-0.05, 0) is 26.0 Å². The van der Waals surface area contributed by atoms with Gasteiger partial charge in [-0.3, -0.25) is 14.9 Å². The normalized spacial score (nSPS) is 11.5. The van der Waals surface area contributed by atoms with E-state index in [0.717, 1.165) is 0 Å². The third kappa shape index (κ3) is 4.51. The van der Waals surface area contributed by atoms with Crippen LogP contribution in [0.4, 0.5) is 5.69 Å². The lowest BCUT2D eigenvalue weighted by Crippen LogP contribution is -2.45. The van der Waals surface area contributed by atoms with Gasteiger partial charge in [-0.15, -0.1) is 0 Å². The van der Waals surface area contributed by atoms with E-state index >= 15 is 0 Å². The number of rotatable bonds is 5. The first-order chi connectivity index (χ1) is 8.85. The molecule has 0 saturated carbocycles. The van der Waals surface area contributed by atoms with E-state index in [1.165, 1.54) is 18.2 Å². The molecule has 6 nitrogen and oxygen atoms in total. The molecular weight excluding hydrogens is 248 g/mol. The van der Waals surface area contributed by atoms with Crippen LogP contribution in [0.3, 0.4) is 0 Å². The van der Waals surface area contributed by atoms with E-state index in [9.17, 15) is 14.9 Å². The number of aliphatic hydroxyl groups is 1. The molecule has 0 heterocycles. The second-order valence-electron chi connectivity index (χ2n) is 4.68. The molecule has 19 heavy (non-hydrogen) atoms. The summed E-state index contributed by atoms with van der Waals surface area (Å²) in [4.78, 5) is 21.9. The van der Waals surface area contributed by atoms with E-state index < -0.39 is 16.4 Å². The maximum Gasteiger partial charge on any atom is 0.276 e. The first-order valence-corrected chi connectivity index (χ1v) is 5.70. The van der Waals surface area contributed by atoms with Crippen LogP contribution in [0, 0.1) is 10.1 Å². The average Bonchev–Trinajstić information content (AvgIpc) is 2.36. The van der Waals surface area contributed by atoms with Crippen LogP contribution in [0.2, 0.25) is 0 Å². The number of benzene rings is 1. The molecule has 0 aliphatic carbocycles. The van der Waals surface area contributed by atoms with E-state index in [2.05, 4.69) is 5.32 Å². The van der Waals surface area contributed by atoms with Crippen molar-refractivity contribution in [2.75, 3.05) is 6.61 Å². The Morgan fingerprint density at radius 1 is 1.47 bits per heavy atom. The van der Waals surface area contributed by atoms with Gasteiger partial charge in [-0.2, -0.15) is 0 Å². The topological polar surface area (TPSA) is 92.5 Å². The van der Waals surface area contributed by atoms with Crippen molar-refractivity contribution in [2.24, 2.45) is 0 Å². The molecule has 0 aliphatic rings. The van der Waals surface area contributed by atoms with Crippen molar-refractivity contribution in [1.29, 1.82) is 0 Å². The second-order valence-corrected chi connectivity index (χ2v) is 4.68. The molecule has 0 radical (unpaired) electrons. The Morgan fingerprint density at radius 2 is 2.11 bits per heavy atom. The lowest BCUT2D eigenvalue weighted by atomic mass is 10.1. The fraction of sp³-hybridized carbons (Fsp3) is 0.308. The van der Waals surface area contributed by atoms with Gasteiger partial charge >= 0.3 is 0 Å². The van der Waals surface area contributed by atoms with Crippen molar-refractivity contribution >= 4 is 17.7 Å². The molecule has 0 aromatic heterocycles. The Labute approximate surface area is 110 Å². The summed E-state index contributed by atoms with van der Waals surface area (Å²) >= 11 is 0. The van der Waals surface area contributed by atoms with E-state index in [4.69, 9.17) is 5.11 Å². The van der Waals surface area contributed by atoms with Gasteiger partial charge in [0.05, 0.1) is 22.6 Å². The number of carbonyl (C=O) groups is 1. The van der Waals surface area contributed by atoms with E-state index in [1.54, 1.807) is 32.0 Å². The zero-order valence-corrected chi connectivity index (χ0v) is 10.8. The van der Waals surface area contributed by atoms with Crippen LogP contribution in [-0.4, -0.2) is 28.1 Å². The number of hydrogen-bond donors (Lipinski definition) is 2. The van der Waals surface area contributed by atoms with Crippen LogP contribution in [0.5, 0.6) is 0 Å². The Hall–Kier alpha value is -2.21. The molecule has 2 N–H and O–H groups in total. The zero-order chi connectivity index (χ0) is 14.5. The number of hydrogen-bond acceptors (Lipinski definition) is 4. The Balaban J connectivity index is 2.83. The molecule has 1 aromatic carbocycles. The number of nitrogens with one attached hydrogen (secondary N) is 1. The number of amides is 1. The molecule has 1 amide bonds. The van der Waals surface area contributed by atoms with Crippen molar-refractivity contribution in [3.05, 3.63) is 46.0 Å². The summed E-state index contributed by atoms with van der Waals surface area (Å²) < 4.78 is 0. The summed E-state index contributed by atoms with van der Waals surface area (Å²) in [6.07, 6.45) is 2.58. The molecule has 0 unspecified atom stereocenters. The minimum Gasteiger partial charge on any atom is -0.394 e. The zero-order valence-electron chi connectivity index (χ0n) is 10.8. The van der Waals surface area contributed by atoms with Crippen molar-refractivity contribution < 1.29 is 14.8 Å². The van der Waals surface area contributed by atoms with Crippen LogP contribution in [0.25, 0.3) is 6.08 Å². The van der Waals surface area contributed by atoms with Gasteiger partial charge in [0.1, 0.15) is 0 Å². The van der Waals surface area contributed by atoms with Gasteiger partial charge in [0.2, 0.25) is 5.91 Å². The van der Waals surface area contributed by atoms with Crippen LogP contribution in [0.15, 0.2) is 30.3 Å². The number of carbonyl (C=O) groups excluding carboxylic acids is 1. The van der Waals surface area contributed by atoms with Gasteiger partial charge in [-0.1, -0.05) is 12.1 Å². The smallest absolute Gasteiger partial charge is 0.276 e. The highest BCUT2D eigenvalue weighted by atomic mass is 16.6. The van der Waals surface area contributed by atoms with E-state index in [-0.39, 0.29) is 12.3 Å². The highest BCUT2D eigenvalue weighted by molar-refractivity contribution is 5.92. The lowest BCUT2D eigenvalue weighted by Gasteiger charge is -2.22. The highest BCUT2D eigenvalue weighted by Crippen LogP contribution is 2.18. The van der Waals surface area contributed by atoms with Crippen LogP contribution < -0.4 is 5.32 Å². The summed E-state index contributed by atoms with van der Waals surface area (Å²) in [6.45, 7) is 3.14. The van der Waals surface area contributed by atoms with Crippen molar-refractivity contribution in [1.82, 2.24) is 5.32 Å². The molecule has 0 spiro atoms. The van der Waals surface area contributed by atoms with Crippen molar-refractivity contribution in [2.45, 2.75) is 19.4 Å². The molecule has 102 valence electrons. The molecule has 6 heteroatoms. The summed E-state index contributed by atoms with van der Waals surface area (Å²) in [5.41, 5.74) is -0.443. The molecule has 0 bridgehead atoms. The van der Waals surface area contributed by atoms with Crippen LogP contribution in [-0.2, 0) is 4.79 Å². The Kier molecular flexibility index (Phi) is 4.77. The Morgan fingerprint density at radius 3 is 2.68 bits per heavy atom. The molecule has 1 aromatic rings. The van der Waals surface area contributed by atoms with E-state index in [1.807, 2.05) is 0 Å². The predicted molar refractivity (Wildman–Crippen MR) is 71.4 cm³/mol. The summed E-state index contributed by atoms with van der Waals surface area (Å²) in [7, 11) is 0. The molecule has 0 fully saturated rings. The maximum absolute atomic E-state index is 11.6.